The van der Waals surface area contributed by atoms with E-state index in [4.69, 9.17) is 5.73 Å². The molecule has 0 bridgehead atoms. The van der Waals surface area contributed by atoms with Crippen LogP contribution in [0.3, 0.4) is 0 Å². The maximum Gasteiger partial charge on any atom is 0.0109 e. The second-order valence-electron chi connectivity index (χ2n) is 4.30. The Labute approximate surface area is 72.6 Å². The molecule has 62 valence electrons. The Hall–Kier alpha value is -0.820. The summed E-state index contributed by atoms with van der Waals surface area (Å²) in [7, 11) is 0. The van der Waals surface area contributed by atoms with Gasteiger partial charge in [0.2, 0.25) is 0 Å². The lowest BCUT2D eigenvalue weighted by Crippen LogP contribution is -2.13. The molecular weight excluding hydrogens is 146 g/mol. The van der Waals surface area contributed by atoms with Crippen LogP contribution in [0, 0.1) is 5.41 Å². The summed E-state index contributed by atoms with van der Waals surface area (Å²) in [5.41, 5.74) is 9.50. The second kappa shape index (κ2) is 1.91. The van der Waals surface area contributed by atoms with Crippen LogP contribution >= 0.6 is 0 Å². The van der Waals surface area contributed by atoms with Gasteiger partial charge in [-0.2, -0.15) is 0 Å². The summed E-state index contributed by atoms with van der Waals surface area (Å²) in [6, 6.07) is 9.23. The molecule has 1 aromatic rings. The smallest absolute Gasteiger partial charge is 0.0109 e. The van der Waals surface area contributed by atoms with Crippen LogP contribution in [-0.4, -0.2) is 6.04 Å². The Morgan fingerprint density at radius 3 is 2.08 bits per heavy atom. The van der Waals surface area contributed by atoms with Crippen molar-refractivity contribution in [1.82, 2.24) is 0 Å². The molecule has 1 spiro atoms. The summed E-state index contributed by atoms with van der Waals surface area (Å²) in [5, 5.41) is 0. The van der Waals surface area contributed by atoms with E-state index in [0.717, 1.165) is 0 Å². The lowest BCUT2D eigenvalue weighted by atomic mass is 10.0. The molecule has 1 atom stereocenters. The van der Waals surface area contributed by atoms with Crippen molar-refractivity contribution in [2.45, 2.75) is 25.3 Å². The lowest BCUT2D eigenvalue weighted by Gasteiger charge is -2.02. The first-order chi connectivity index (χ1) is 5.80. The van der Waals surface area contributed by atoms with Crippen LogP contribution in [0.2, 0.25) is 0 Å². The third-order valence-electron chi connectivity index (χ3n) is 3.46. The predicted molar refractivity (Wildman–Crippen MR) is 48.9 cm³/mol. The van der Waals surface area contributed by atoms with E-state index in [2.05, 4.69) is 24.3 Å². The Morgan fingerprint density at radius 2 is 1.67 bits per heavy atom. The van der Waals surface area contributed by atoms with Crippen LogP contribution in [0.5, 0.6) is 0 Å². The molecule has 1 aromatic carbocycles. The molecule has 1 fully saturated rings. The molecule has 0 aromatic heterocycles. The molecule has 0 amide bonds. The van der Waals surface area contributed by atoms with Gasteiger partial charge in [-0.15, -0.1) is 0 Å². The number of fused-ring (bicyclic) bond motifs is 1. The fourth-order valence-electron chi connectivity index (χ4n) is 2.51. The van der Waals surface area contributed by atoms with Gasteiger partial charge in [0.25, 0.3) is 0 Å². The van der Waals surface area contributed by atoms with E-state index in [-0.39, 0.29) is 0 Å². The lowest BCUT2D eigenvalue weighted by molar-refractivity contribution is 0.524. The van der Waals surface area contributed by atoms with Crippen molar-refractivity contribution in [1.29, 1.82) is 0 Å². The molecule has 0 radical (unpaired) electrons. The molecule has 1 heteroatoms. The molecule has 1 saturated carbocycles. The van der Waals surface area contributed by atoms with E-state index in [1.165, 1.54) is 30.4 Å². The quantitative estimate of drug-likeness (QED) is 0.610. The second-order valence-corrected chi connectivity index (χ2v) is 4.30. The number of nitrogens with two attached hydrogens (primary N) is 1. The first kappa shape index (κ1) is 6.67. The molecule has 1 unspecified atom stereocenters. The van der Waals surface area contributed by atoms with Crippen LogP contribution in [0.4, 0.5) is 0 Å². The van der Waals surface area contributed by atoms with Crippen molar-refractivity contribution in [3.05, 3.63) is 35.4 Å². The molecule has 1 nitrogen and oxygen atoms in total. The molecule has 0 heterocycles. The zero-order valence-electron chi connectivity index (χ0n) is 7.09. The van der Waals surface area contributed by atoms with Crippen LogP contribution in [0.15, 0.2) is 24.3 Å². The summed E-state index contributed by atoms with van der Waals surface area (Å²) < 4.78 is 0. The molecule has 0 saturated heterocycles. The normalized spacial score (nSPS) is 28.9. The fourth-order valence-corrected chi connectivity index (χ4v) is 2.51. The highest BCUT2D eigenvalue weighted by Crippen LogP contribution is 2.54. The Bertz CT molecular complexity index is 305. The highest BCUT2D eigenvalue weighted by molar-refractivity contribution is 5.38. The minimum atomic E-state index is 0.477. The van der Waals surface area contributed by atoms with Crippen LogP contribution < -0.4 is 5.73 Å². The van der Waals surface area contributed by atoms with E-state index in [0.29, 0.717) is 11.5 Å². The summed E-state index contributed by atoms with van der Waals surface area (Å²) in [6.45, 7) is 0. The van der Waals surface area contributed by atoms with Gasteiger partial charge in [0.15, 0.2) is 0 Å². The Morgan fingerprint density at radius 1 is 1.17 bits per heavy atom. The average Bonchev–Trinajstić information content (AvgIpc) is 2.57. The maximum atomic E-state index is 5.94. The third-order valence-corrected chi connectivity index (χ3v) is 3.46. The number of hydrogen-bond donors (Lipinski definition) is 1. The zero-order chi connectivity index (χ0) is 8.18. The van der Waals surface area contributed by atoms with Crippen molar-refractivity contribution in [3.8, 4) is 0 Å². The summed E-state index contributed by atoms with van der Waals surface area (Å²) in [5.74, 6) is 0. The molecular formula is C11H13N. The SMILES string of the molecule is NC1CC12Cc1ccccc1C2. The Balaban J connectivity index is 2.01. The summed E-state index contributed by atoms with van der Waals surface area (Å²) in [4.78, 5) is 0. The number of hydrogen-bond acceptors (Lipinski definition) is 1. The van der Waals surface area contributed by atoms with Crippen molar-refractivity contribution < 1.29 is 0 Å². The molecule has 2 aliphatic rings. The van der Waals surface area contributed by atoms with Gasteiger partial charge in [0.1, 0.15) is 0 Å². The van der Waals surface area contributed by atoms with Gasteiger partial charge in [-0.3, -0.25) is 0 Å². The maximum absolute atomic E-state index is 5.94. The first-order valence-electron chi connectivity index (χ1n) is 4.63. The van der Waals surface area contributed by atoms with E-state index in [9.17, 15) is 0 Å². The highest BCUT2D eigenvalue weighted by Gasteiger charge is 2.54. The van der Waals surface area contributed by atoms with Gasteiger partial charge < -0.3 is 5.73 Å². The minimum Gasteiger partial charge on any atom is -0.327 e. The van der Waals surface area contributed by atoms with Gasteiger partial charge in [-0.05, 0) is 35.8 Å². The minimum absolute atomic E-state index is 0.477. The summed E-state index contributed by atoms with van der Waals surface area (Å²) >= 11 is 0. The van der Waals surface area contributed by atoms with Gasteiger partial charge in [0, 0.05) is 6.04 Å². The van der Waals surface area contributed by atoms with Gasteiger partial charge in [-0.1, -0.05) is 24.3 Å². The van der Waals surface area contributed by atoms with E-state index in [1.807, 2.05) is 0 Å². The fraction of sp³-hybridized carbons (Fsp3) is 0.455. The third kappa shape index (κ3) is 0.721. The molecule has 2 N–H and O–H groups in total. The van der Waals surface area contributed by atoms with E-state index in [1.54, 1.807) is 0 Å². The monoisotopic (exact) mass is 159 g/mol. The van der Waals surface area contributed by atoms with Gasteiger partial charge >= 0.3 is 0 Å². The first-order valence-corrected chi connectivity index (χ1v) is 4.63. The van der Waals surface area contributed by atoms with Gasteiger partial charge in [0.05, 0.1) is 0 Å². The molecule has 2 aliphatic carbocycles. The number of rotatable bonds is 0. The van der Waals surface area contributed by atoms with E-state index >= 15 is 0 Å². The molecule has 3 rings (SSSR count). The molecule has 0 aliphatic heterocycles. The highest BCUT2D eigenvalue weighted by atomic mass is 14.8. The zero-order valence-corrected chi connectivity index (χ0v) is 7.09. The molecule has 12 heavy (non-hydrogen) atoms. The predicted octanol–water partition coefficient (Wildman–Crippen LogP) is 1.50. The average molecular weight is 159 g/mol. The summed E-state index contributed by atoms with van der Waals surface area (Å²) in [6.07, 6.45) is 3.69. The largest absolute Gasteiger partial charge is 0.327 e. The topological polar surface area (TPSA) is 26.0 Å². The van der Waals surface area contributed by atoms with Crippen molar-refractivity contribution >= 4 is 0 Å². The van der Waals surface area contributed by atoms with Crippen LogP contribution in [-0.2, 0) is 12.8 Å². The van der Waals surface area contributed by atoms with Crippen molar-refractivity contribution in [2.24, 2.45) is 11.1 Å². The van der Waals surface area contributed by atoms with Crippen molar-refractivity contribution in [2.75, 3.05) is 0 Å². The Kier molecular flexibility index (Phi) is 1.06. The van der Waals surface area contributed by atoms with Crippen LogP contribution in [0.25, 0.3) is 0 Å². The van der Waals surface area contributed by atoms with E-state index < -0.39 is 0 Å². The number of benzene rings is 1. The van der Waals surface area contributed by atoms with Crippen LogP contribution in [0.1, 0.15) is 17.5 Å². The van der Waals surface area contributed by atoms with Gasteiger partial charge in [-0.25, -0.2) is 0 Å². The standard InChI is InChI=1S/C11H13N/c12-10-7-11(10)5-8-3-1-2-4-9(8)6-11/h1-4,10H,5-7,12H2. The van der Waals surface area contributed by atoms with Crippen molar-refractivity contribution in [3.63, 3.8) is 0 Å².